The summed E-state index contributed by atoms with van der Waals surface area (Å²) in [6.45, 7) is -2.99. The largest absolute Gasteiger partial charge is 0.497 e. The van der Waals surface area contributed by atoms with Gasteiger partial charge in [0.25, 0.3) is 0 Å². The van der Waals surface area contributed by atoms with Crippen LogP contribution in [0.3, 0.4) is 0 Å². The van der Waals surface area contributed by atoms with Gasteiger partial charge in [-0.3, -0.25) is 0 Å². The highest BCUT2D eigenvalue weighted by Gasteiger charge is 2.27. The number of alkyl halides is 2. The molecule has 1 aromatic heterocycles. The zero-order chi connectivity index (χ0) is 21.3. The van der Waals surface area contributed by atoms with Gasteiger partial charge in [0.15, 0.2) is 0 Å². The Labute approximate surface area is 175 Å². The molecule has 0 saturated heterocycles. The van der Waals surface area contributed by atoms with E-state index in [0.717, 1.165) is 5.56 Å². The summed E-state index contributed by atoms with van der Waals surface area (Å²) >= 11 is 5.98. The number of aromatic nitrogens is 3. The topological polar surface area (TPSA) is 70.4 Å². The number of benzene rings is 2. The molecular formula is C20H17ClF2N4O3. The molecule has 10 heteroatoms. The number of ether oxygens (including phenoxy) is 3. The first-order valence-corrected chi connectivity index (χ1v) is 9.23. The van der Waals surface area contributed by atoms with Gasteiger partial charge in [-0.05, 0) is 36.4 Å². The Balaban J connectivity index is 1.84. The maximum Gasteiger partial charge on any atom is 0.387 e. The van der Waals surface area contributed by atoms with Crippen molar-refractivity contribution in [2.45, 2.75) is 12.7 Å². The summed E-state index contributed by atoms with van der Waals surface area (Å²) in [5.41, 5.74) is 1.71. The first kappa shape index (κ1) is 20.0. The molecule has 1 aliphatic rings. The minimum Gasteiger partial charge on any atom is -0.497 e. The van der Waals surface area contributed by atoms with Gasteiger partial charge in [-0.25, -0.2) is 4.68 Å². The maximum atomic E-state index is 12.9. The SMILES string of the molecule is COc1ccc([C@H]2C=C(c3ccc(Cl)cc3OC(F)F)Nc3ncnn32)c(OC)c1. The molecule has 0 fully saturated rings. The van der Waals surface area contributed by atoms with Gasteiger partial charge in [0.1, 0.15) is 29.6 Å². The number of halogens is 3. The zero-order valence-electron chi connectivity index (χ0n) is 16.0. The molecule has 2 aromatic carbocycles. The van der Waals surface area contributed by atoms with Crippen LogP contribution in [-0.2, 0) is 0 Å². The first-order valence-electron chi connectivity index (χ1n) is 8.85. The Morgan fingerprint density at radius 3 is 2.67 bits per heavy atom. The molecule has 0 unspecified atom stereocenters. The molecule has 0 bridgehead atoms. The van der Waals surface area contributed by atoms with Gasteiger partial charge in [-0.2, -0.15) is 18.9 Å². The van der Waals surface area contributed by atoms with Crippen LogP contribution >= 0.6 is 11.6 Å². The zero-order valence-corrected chi connectivity index (χ0v) is 16.7. The number of hydrogen-bond acceptors (Lipinski definition) is 6. The van der Waals surface area contributed by atoms with Crippen molar-refractivity contribution in [1.29, 1.82) is 0 Å². The molecule has 0 radical (unpaired) electrons. The normalized spacial score (nSPS) is 15.3. The predicted octanol–water partition coefficient (Wildman–Crippen LogP) is 4.61. The highest BCUT2D eigenvalue weighted by molar-refractivity contribution is 6.30. The average Bonchev–Trinajstić information content (AvgIpc) is 3.21. The van der Waals surface area contributed by atoms with Crippen LogP contribution in [0.5, 0.6) is 17.2 Å². The molecule has 1 aliphatic heterocycles. The monoisotopic (exact) mass is 434 g/mol. The number of methoxy groups -OCH3 is 2. The molecule has 2 heterocycles. The minimum atomic E-state index is -2.99. The van der Waals surface area contributed by atoms with Crippen LogP contribution in [0.4, 0.5) is 14.7 Å². The van der Waals surface area contributed by atoms with E-state index in [-0.39, 0.29) is 10.8 Å². The Kier molecular flexibility index (Phi) is 5.45. The van der Waals surface area contributed by atoms with Crippen LogP contribution in [0.25, 0.3) is 5.70 Å². The second-order valence-corrected chi connectivity index (χ2v) is 6.74. The van der Waals surface area contributed by atoms with Crippen molar-refractivity contribution < 1.29 is 23.0 Å². The Morgan fingerprint density at radius 2 is 1.93 bits per heavy atom. The van der Waals surface area contributed by atoms with Crippen molar-refractivity contribution in [2.75, 3.05) is 19.5 Å². The third-order valence-corrected chi connectivity index (χ3v) is 4.85. The number of allylic oxidation sites excluding steroid dienone is 1. The van der Waals surface area contributed by atoms with Crippen molar-refractivity contribution in [3.63, 3.8) is 0 Å². The third-order valence-electron chi connectivity index (χ3n) is 4.62. The number of nitrogens with zero attached hydrogens (tertiary/aromatic N) is 3. The number of rotatable bonds is 6. The van der Waals surface area contributed by atoms with E-state index in [1.54, 1.807) is 43.2 Å². The van der Waals surface area contributed by atoms with Gasteiger partial charge in [-0.1, -0.05) is 11.6 Å². The van der Waals surface area contributed by atoms with Gasteiger partial charge in [0, 0.05) is 22.2 Å². The van der Waals surface area contributed by atoms with E-state index in [1.807, 2.05) is 12.1 Å². The summed E-state index contributed by atoms with van der Waals surface area (Å²) in [5, 5.41) is 7.67. The van der Waals surface area contributed by atoms with Crippen molar-refractivity contribution in [1.82, 2.24) is 14.8 Å². The molecule has 7 nitrogen and oxygen atoms in total. The predicted molar refractivity (Wildman–Crippen MR) is 107 cm³/mol. The second-order valence-electron chi connectivity index (χ2n) is 6.31. The minimum absolute atomic E-state index is 0.0512. The Bertz CT molecular complexity index is 1100. The number of fused-ring (bicyclic) bond motifs is 1. The highest BCUT2D eigenvalue weighted by Crippen LogP contribution is 2.40. The molecule has 0 saturated carbocycles. The smallest absolute Gasteiger partial charge is 0.387 e. The van der Waals surface area contributed by atoms with E-state index in [1.165, 1.54) is 12.4 Å². The van der Waals surface area contributed by atoms with E-state index in [2.05, 4.69) is 20.1 Å². The van der Waals surface area contributed by atoms with Crippen LogP contribution in [0.1, 0.15) is 17.2 Å². The van der Waals surface area contributed by atoms with Crippen molar-refractivity contribution in [2.24, 2.45) is 0 Å². The standard InChI is InChI=1S/C20H17ClF2N4O3/c1-28-12-4-6-14(17(8-12)29-2)16-9-15(26-20-24-10-25-27(16)20)13-5-3-11(21)7-18(13)30-19(22)23/h3-10,16,19H,1-2H3,(H,24,25,26)/t16-/m1/s1. The molecular weight excluding hydrogens is 418 g/mol. The van der Waals surface area contributed by atoms with E-state index in [0.29, 0.717) is 28.7 Å². The molecule has 3 aromatic rings. The van der Waals surface area contributed by atoms with Crippen molar-refractivity contribution in [3.05, 3.63) is 65.0 Å². The van der Waals surface area contributed by atoms with Gasteiger partial charge < -0.3 is 19.5 Å². The van der Waals surface area contributed by atoms with E-state index >= 15 is 0 Å². The number of nitrogens with one attached hydrogen (secondary N) is 1. The highest BCUT2D eigenvalue weighted by atomic mass is 35.5. The molecule has 0 amide bonds. The molecule has 4 rings (SSSR count). The molecule has 1 atom stereocenters. The lowest BCUT2D eigenvalue weighted by atomic mass is 10.00. The van der Waals surface area contributed by atoms with Gasteiger partial charge in [0.05, 0.1) is 19.9 Å². The van der Waals surface area contributed by atoms with Crippen molar-refractivity contribution in [3.8, 4) is 17.2 Å². The summed E-state index contributed by atoms with van der Waals surface area (Å²) in [5.74, 6) is 1.61. The first-order chi connectivity index (χ1) is 14.5. The molecule has 30 heavy (non-hydrogen) atoms. The maximum absolute atomic E-state index is 12.9. The number of hydrogen-bond donors (Lipinski definition) is 1. The Hall–Kier alpha value is -3.33. The van der Waals surface area contributed by atoms with E-state index in [9.17, 15) is 8.78 Å². The van der Waals surface area contributed by atoms with Crippen LogP contribution in [0.2, 0.25) is 5.02 Å². The van der Waals surface area contributed by atoms with E-state index < -0.39 is 12.7 Å². The number of anilines is 1. The molecule has 1 N–H and O–H groups in total. The van der Waals surface area contributed by atoms with Crippen LogP contribution in [0.15, 0.2) is 48.8 Å². The summed E-state index contributed by atoms with van der Waals surface area (Å²) in [7, 11) is 3.12. The fourth-order valence-electron chi connectivity index (χ4n) is 3.29. The fourth-order valence-corrected chi connectivity index (χ4v) is 3.45. The van der Waals surface area contributed by atoms with Gasteiger partial charge >= 0.3 is 6.61 Å². The Morgan fingerprint density at radius 1 is 1.10 bits per heavy atom. The van der Waals surface area contributed by atoms with Gasteiger partial charge in [0.2, 0.25) is 5.95 Å². The quantitative estimate of drug-likeness (QED) is 0.611. The lowest BCUT2D eigenvalue weighted by Gasteiger charge is -2.26. The summed E-state index contributed by atoms with van der Waals surface area (Å²) in [6, 6.07) is 9.54. The van der Waals surface area contributed by atoms with Crippen LogP contribution < -0.4 is 19.5 Å². The molecule has 0 aliphatic carbocycles. The van der Waals surface area contributed by atoms with Crippen molar-refractivity contribution >= 4 is 23.2 Å². The summed E-state index contributed by atoms with van der Waals surface area (Å²) in [6.07, 6.45) is 3.23. The van der Waals surface area contributed by atoms with Crippen LogP contribution in [-0.4, -0.2) is 35.6 Å². The average molecular weight is 435 g/mol. The lowest BCUT2D eigenvalue weighted by Crippen LogP contribution is -2.21. The third kappa shape index (κ3) is 3.76. The van der Waals surface area contributed by atoms with E-state index in [4.69, 9.17) is 21.1 Å². The summed E-state index contributed by atoms with van der Waals surface area (Å²) < 4.78 is 43.0. The van der Waals surface area contributed by atoms with Crippen LogP contribution in [0, 0.1) is 0 Å². The second kappa shape index (κ2) is 8.19. The van der Waals surface area contributed by atoms with Gasteiger partial charge in [-0.15, -0.1) is 0 Å². The summed E-state index contributed by atoms with van der Waals surface area (Å²) in [4.78, 5) is 4.23. The lowest BCUT2D eigenvalue weighted by molar-refractivity contribution is -0.0500. The molecule has 156 valence electrons. The fraction of sp³-hybridized carbons (Fsp3) is 0.200. The molecule has 0 spiro atoms.